The second-order valence-electron chi connectivity index (χ2n) is 5.58. The number of hydrogen-bond acceptors (Lipinski definition) is 4. The van der Waals surface area contributed by atoms with Crippen molar-refractivity contribution in [3.05, 3.63) is 29.8 Å². The minimum atomic E-state index is -3.01. The van der Waals surface area contributed by atoms with E-state index in [1.165, 1.54) is 0 Å². The van der Waals surface area contributed by atoms with Crippen LogP contribution >= 0.6 is 0 Å². The predicted octanol–water partition coefficient (Wildman–Crippen LogP) is 1.62. The first-order valence-electron chi connectivity index (χ1n) is 6.55. The lowest BCUT2D eigenvalue weighted by Gasteiger charge is -2.36. The fourth-order valence-electron chi connectivity index (χ4n) is 3.38. The molecule has 19 heavy (non-hydrogen) atoms. The van der Waals surface area contributed by atoms with E-state index in [1.807, 2.05) is 12.1 Å². The molecule has 0 aromatic heterocycles. The summed E-state index contributed by atoms with van der Waals surface area (Å²) in [7, 11) is -1.41. The highest BCUT2D eigenvalue weighted by Crippen LogP contribution is 2.47. The van der Waals surface area contributed by atoms with Gasteiger partial charge in [0.05, 0.1) is 23.2 Å². The first kappa shape index (κ1) is 12.9. The number of benzene rings is 1. The maximum Gasteiger partial charge on any atom is 0.156 e. The molecule has 0 amide bonds. The van der Waals surface area contributed by atoms with Gasteiger partial charge in [-0.3, -0.25) is 0 Å². The molecule has 5 heteroatoms. The topological polar surface area (TPSA) is 63.6 Å². The summed E-state index contributed by atoms with van der Waals surface area (Å²) in [5, 5.41) is 10.1. The summed E-state index contributed by atoms with van der Waals surface area (Å²) in [4.78, 5) is 0. The average Bonchev–Trinajstić information content (AvgIpc) is 2.58. The fraction of sp³-hybridized carbons (Fsp3) is 0.571. The molecule has 1 aromatic carbocycles. The highest BCUT2D eigenvalue weighted by atomic mass is 32.2. The summed E-state index contributed by atoms with van der Waals surface area (Å²) in [6.45, 7) is 0. The van der Waals surface area contributed by atoms with Crippen LogP contribution in [-0.2, 0) is 15.4 Å². The molecular formula is C14H18O4S. The minimum absolute atomic E-state index is 0.318. The van der Waals surface area contributed by atoms with Gasteiger partial charge in [0.25, 0.3) is 0 Å². The van der Waals surface area contributed by atoms with Crippen LogP contribution in [0, 0.1) is 0 Å². The van der Waals surface area contributed by atoms with Crippen molar-refractivity contribution in [2.45, 2.75) is 41.8 Å². The third-order valence-corrected chi connectivity index (χ3v) is 7.16. The van der Waals surface area contributed by atoms with Crippen molar-refractivity contribution < 1.29 is 18.3 Å². The summed E-state index contributed by atoms with van der Waals surface area (Å²) in [6, 6.07) is 7.27. The Balaban J connectivity index is 1.92. The molecule has 3 rings (SSSR count). The van der Waals surface area contributed by atoms with E-state index in [0.29, 0.717) is 25.7 Å². The maximum atomic E-state index is 12.1. The van der Waals surface area contributed by atoms with E-state index in [9.17, 15) is 13.5 Å². The smallest absolute Gasteiger partial charge is 0.156 e. The largest absolute Gasteiger partial charge is 0.497 e. The Morgan fingerprint density at radius 2 is 1.68 bits per heavy atom. The van der Waals surface area contributed by atoms with Crippen LogP contribution in [0.5, 0.6) is 5.75 Å². The van der Waals surface area contributed by atoms with E-state index in [2.05, 4.69) is 0 Å². The molecule has 0 spiro atoms. The lowest BCUT2D eigenvalue weighted by Crippen LogP contribution is -2.43. The molecule has 0 aliphatic carbocycles. The van der Waals surface area contributed by atoms with Gasteiger partial charge < -0.3 is 9.84 Å². The van der Waals surface area contributed by atoms with Gasteiger partial charge in [-0.2, -0.15) is 0 Å². The molecule has 1 aromatic rings. The molecule has 2 fully saturated rings. The molecule has 2 bridgehead atoms. The van der Waals surface area contributed by atoms with E-state index < -0.39 is 15.4 Å². The van der Waals surface area contributed by atoms with E-state index in [4.69, 9.17) is 4.74 Å². The van der Waals surface area contributed by atoms with Crippen LogP contribution in [-0.4, -0.2) is 31.1 Å². The molecule has 2 aliphatic heterocycles. The molecule has 2 unspecified atom stereocenters. The lowest BCUT2D eigenvalue weighted by atomic mass is 9.86. The lowest BCUT2D eigenvalue weighted by molar-refractivity contribution is 0.0173. The molecule has 2 atom stereocenters. The third-order valence-electron chi connectivity index (χ3n) is 4.50. The van der Waals surface area contributed by atoms with E-state index in [1.54, 1.807) is 19.2 Å². The Morgan fingerprint density at radius 1 is 1.16 bits per heavy atom. The number of methoxy groups -OCH3 is 1. The molecule has 4 nitrogen and oxygen atoms in total. The Bertz CT molecular complexity index is 556. The number of aliphatic hydroxyl groups is 1. The van der Waals surface area contributed by atoms with Crippen molar-refractivity contribution in [3.63, 3.8) is 0 Å². The SMILES string of the molecule is COc1ccc(C2(O)CC3CCC(C2)S3(=O)=O)cc1. The van der Waals surface area contributed by atoms with E-state index in [-0.39, 0.29) is 10.5 Å². The summed E-state index contributed by atoms with van der Waals surface area (Å²) >= 11 is 0. The summed E-state index contributed by atoms with van der Waals surface area (Å²) in [5.41, 5.74) is -0.219. The molecule has 2 heterocycles. The highest BCUT2D eigenvalue weighted by molar-refractivity contribution is 7.93. The number of rotatable bonds is 2. The average molecular weight is 282 g/mol. The van der Waals surface area contributed by atoms with Crippen LogP contribution in [0.25, 0.3) is 0 Å². The molecule has 0 saturated carbocycles. The second kappa shape index (κ2) is 4.21. The molecule has 0 radical (unpaired) electrons. The summed E-state index contributed by atoms with van der Waals surface area (Å²) in [5.74, 6) is 0.735. The van der Waals surface area contributed by atoms with Crippen LogP contribution in [0.2, 0.25) is 0 Å². The first-order valence-corrected chi connectivity index (χ1v) is 8.16. The molecule has 2 aliphatic rings. The summed E-state index contributed by atoms with van der Waals surface area (Å²) < 4.78 is 29.2. The number of ether oxygens (including phenoxy) is 1. The van der Waals surface area contributed by atoms with Crippen molar-refractivity contribution in [2.75, 3.05) is 7.11 Å². The van der Waals surface area contributed by atoms with Gasteiger partial charge in [-0.1, -0.05) is 12.1 Å². The van der Waals surface area contributed by atoms with Crippen LogP contribution in [0.4, 0.5) is 0 Å². The normalized spacial score (nSPS) is 36.1. The minimum Gasteiger partial charge on any atom is -0.497 e. The van der Waals surface area contributed by atoms with Gasteiger partial charge in [0.1, 0.15) is 5.75 Å². The van der Waals surface area contributed by atoms with Gasteiger partial charge in [-0.25, -0.2) is 8.42 Å². The van der Waals surface area contributed by atoms with Gasteiger partial charge in [0.15, 0.2) is 9.84 Å². The Morgan fingerprint density at radius 3 is 2.16 bits per heavy atom. The van der Waals surface area contributed by atoms with Gasteiger partial charge in [-0.15, -0.1) is 0 Å². The third kappa shape index (κ3) is 1.96. The first-order chi connectivity index (χ1) is 8.95. The van der Waals surface area contributed by atoms with E-state index in [0.717, 1.165) is 11.3 Å². The maximum absolute atomic E-state index is 12.1. The van der Waals surface area contributed by atoms with Gasteiger partial charge >= 0.3 is 0 Å². The van der Waals surface area contributed by atoms with Gasteiger partial charge in [-0.05, 0) is 43.4 Å². The number of sulfone groups is 1. The van der Waals surface area contributed by atoms with Crippen molar-refractivity contribution in [1.29, 1.82) is 0 Å². The van der Waals surface area contributed by atoms with Crippen molar-refractivity contribution in [3.8, 4) is 5.75 Å². The zero-order valence-electron chi connectivity index (χ0n) is 10.9. The monoisotopic (exact) mass is 282 g/mol. The Kier molecular flexibility index (Phi) is 2.87. The van der Waals surface area contributed by atoms with Crippen molar-refractivity contribution in [2.24, 2.45) is 0 Å². The number of fused-ring (bicyclic) bond motifs is 2. The fourth-order valence-corrected chi connectivity index (χ4v) is 5.87. The molecule has 2 saturated heterocycles. The van der Waals surface area contributed by atoms with Crippen LogP contribution < -0.4 is 4.74 Å². The Hall–Kier alpha value is -1.07. The molecule has 1 N–H and O–H groups in total. The highest BCUT2D eigenvalue weighted by Gasteiger charge is 2.53. The quantitative estimate of drug-likeness (QED) is 0.895. The van der Waals surface area contributed by atoms with Crippen LogP contribution in [0.15, 0.2) is 24.3 Å². The zero-order valence-corrected chi connectivity index (χ0v) is 11.7. The van der Waals surface area contributed by atoms with Crippen LogP contribution in [0.3, 0.4) is 0 Å². The second-order valence-corrected chi connectivity index (χ2v) is 8.09. The van der Waals surface area contributed by atoms with Crippen molar-refractivity contribution in [1.82, 2.24) is 0 Å². The predicted molar refractivity (Wildman–Crippen MR) is 71.9 cm³/mol. The molecular weight excluding hydrogens is 264 g/mol. The van der Waals surface area contributed by atoms with Crippen molar-refractivity contribution >= 4 is 9.84 Å². The standard InChI is InChI=1S/C14H18O4S/c1-18-11-4-2-10(3-5-11)14(15)8-12-6-7-13(9-14)19(12,16)17/h2-5,12-13,15H,6-9H2,1H3. The van der Waals surface area contributed by atoms with E-state index >= 15 is 0 Å². The molecule has 104 valence electrons. The Labute approximate surface area is 113 Å². The van der Waals surface area contributed by atoms with Crippen LogP contribution in [0.1, 0.15) is 31.2 Å². The number of hydrogen-bond donors (Lipinski definition) is 1. The summed E-state index contributed by atoms with van der Waals surface area (Å²) in [6.07, 6.45) is 2.01. The zero-order chi connectivity index (χ0) is 13.7. The van der Waals surface area contributed by atoms with Gasteiger partial charge in [0, 0.05) is 0 Å². The van der Waals surface area contributed by atoms with Gasteiger partial charge in [0.2, 0.25) is 0 Å².